The van der Waals surface area contributed by atoms with Crippen LogP contribution in [0.2, 0.25) is 0 Å². The van der Waals surface area contributed by atoms with Crippen LogP contribution in [0.4, 0.5) is 0 Å². The van der Waals surface area contributed by atoms with Gasteiger partial charge in [-0.15, -0.1) is 0 Å². The summed E-state index contributed by atoms with van der Waals surface area (Å²) in [6.07, 6.45) is 6.82. The van der Waals surface area contributed by atoms with Gasteiger partial charge in [-0.25, -0.2) is 0 Å². The normalized spacial score (nSPS) is 25.4. The van der Waals surface area contributed by atoms with Crippen molar-refractivity contribution in [2.45, 2.75) is 78.8 Å². The molecule has 1 nitrogen and oxygen atoms in total. The second-order valence-electron chi connectivity index (χ2n) is 8.07. The molecule has 0 aromatic heterocycles. The molecule has 3 atom stereocenters. The summed E-state index contributed by atoms with van der Waals surface area (Å²) in [5.74, 6) is 0.888. The Morgan fingerprint density at radius 2 is 1.86 bits per heavy atom. The fraction of sp³-hybridized carbons (Fsp3) is 0.700. The summed E-state index contributed by atoms with van der Waals surface area (Å²) in [5, 5.41) is 3.87. The zero-order valence-corrected chi connectivity index (χ0v) is 14.6. The van der Waals surface area contributed by atoms with Crippen LogP contribution in [0.1, 0.15) is 77.0 Å². The van der Waals surface area contributed by atoms with Gasteiger partial charge in [-0.2, -0.15) is 0 Å². The van der Waals surface area contributed by atoms with Crippen molar-refractivity contribution in [3.63, 3.8) is 0 Å². The summed E-state index contributed by atoms with van der Waals surface area (Å²) >= 11 is 0. The van der Waals surface area contributed by atoms with Gasteiger partial charge in [-0.1, -0.05) is 57.0 Å². The van der Waals surface area contributed by atoms with Crippen LogP contribution in [-0.4, -0.2) is 6.04 Å². The van der Waals surface area contributed by atoms with E-state index < -0.39 is 0 Å². The Morgan fingerprint density at radius 1 is 1.10 bits per heavy atom. The lowest BCUT2D eigenvalue weighted by molar-refractivity contribution is 0.213. The third-order valence-corrected chi connectivity index (χ3v) is 5.22. The molecule has 0 amide bonds. The van der Waals surface area contributed by atoms with E-state index in [4.69, 9.17) is 0 Å². The number of nitrogens with one attached hydrogen (secondary N) is 1. The lowest BCUT2D eigenvalue weighted by atomic mass is 9.76. The zero-order chi connectivity index (χ0) is 15.5. The number of hydrogen-bond acceptors (Lipinski definition) is 1. The average Bonchev–Trinajstić information content (AvgIpc) is 2.64. The van der Waals surface area contributed by atoms with Crippen LogP contribution in [0.15, 0.2) is 24.3 Å². The monoisotopic (exact) mass is 287 g/mol. The number of benzene rings is 1. The summed E-state index contributed by atoms with van der Waals surface area (Å²) in [5.41, 5.74) is 3.25. The van der Waals surface area contributed by atoms with Crippen LogP contribution in [0.5, 0.6) is 0 Å². The van der Waals surface area contributed by atoms with Crippen molar-refractivity contribution >= 4 is 0 Å². The van der Waals surface area contributed by atoms with E-state index in [1.165, 1.54) is 43.2 Å². The van der Waals surface area contributed by atoms with Crippen LogP contribution in [0.3, 0.4) is 0 Å². The molecule has 2 rings (SSSR count). The molecule has 118 valence electrons. The van der Waals surface area contributed by atoms with Crippen LogP contribution < -0.4 is 5.32 Å². The van der Waals surface area contributed by atoms with E-state index in [1.807, 2.05) is 0 Å². The standard InChI is InChI=1S/C20H33N/c1-15-8-6-9-17(14-15)16(2)21-19-11-7-10-18(12-13-19)20(3,4)5/h6,8-9,14,16,18-19,21H,7,10-13H2,1-5H3/t16-,18?,19?/m0/s1. The van der Waals surface area contributed by atoms with Crippen molar-refractivity contribution in [3.8, 4) is 0 Å². The molecular weight excluding hydrogens is 254 g/mol. The first-order valence-electron chi connectivity index (χ1n) is 8.69. The van der Waals surface area contributed by atoms with E-state index in [0.717, 1.165) is 5.92 Å². The fourth-order valence-electron chi connectivity index (χ4n) is 3.72. The van der Waals surface area contributed by atoms with E-state index in [1.54, 1.807) is 0 Å². The van der Waals surface area contributed by atoms with Crippen LogP contribution >= 0.6 is 0 Å². The van der Waals surface area contributed by atoms with E-state index >= 15 is 0 Å². The average molecular weight is 287 g/mol. The first-order chi connectivity index (χ1) is 9.86. The molecule has 1 fully saturated rings. The van der Waals surface area contributed by atoms with Gasteiger partial charge in [-0.3, -0.25) is 0 Å². The topological polar surface area (TPSA) is 12.0 Å². The molecule has 0 heterocycles. The van der Waals surface area contributed by atoms with Gasteiger partial charge in [0, 0.05) is 12.1 Å². The molecule has 0 spiro atoms. The highest BCUT2D eigenvalue weighted by Crippen LogP contribution is 2.37. The first kappa shape index (κ1) is 16.5. The van der Waals surface area contributed by atoms with E-state index in [2.05, 4.69) is 64.2 Å². The first-order valence-corrected chi connectivity index (χ1v) is 8.69. The quantitative estimate of drug-likeness (QED) is 0.709. The predicted octanol–water partition coefficient (Wildman–Crippen LogP) is 5.64. The predicted molar refractivity (Wildman–Crippen MR) is 92.5 cm³/mol. The molecule has 0 bridgehead atoms. The number of rotatable bonds is 3. The number of aryl methyl sites for hydroxylation is 1. The smallest absolute Gasteiger partial charge is 0.0294 e. The van der Waals surface area contributed by atoms with E-state index in [9.17, 15) is 0 Å². The Kier molecular flexibility index (Phi) is 5.48. The Morgan fingerprint density at radius 3 is 2.52 bits per heavy atom. The van der Waals surface area contributed by atoms with Gasteiger partial charge in [0.2, 0.25) is 0 Å². The summed E-state index contributed by atoms with van der Waals surface area (Å²) in [7, 11) is 0. The molecule has 1 aliphatic carbocycles. The maximum atomic E-state index is 3.87. The van der Waals surface area contributed by atoms with Crippen LogP contribution in [0.25, 0.3) is 0 Å². The molecule has 0 radical (unpaired) electrons. The Labute approximate surface area is 131 Å². The van der Waals surface area contributed by atoms with E-state index in [-0.39, 0.29) is 0 Å². The summed E-state index contributed by atoms with van der Waals surface area (Å²) in [6, 6.07) is 10.1. The summed E-state index contributed by atoms with van der Waals surface area (Å²) in [6.45, 7) is 11.7. The van der Waals surface area contributed by atoms with Crippen molar-refractivity contribution in [3.05, 3.63) is 35.4 Å². The highest BCUT2D eigenvalue weighted by Gasteiger charge is 2.28. The molecule has 21 heavy (non-hydrogen) atoms. The van der Waals surface area contributed by atoms with Gasteiger partial charge in [-0.05, 0) is 56.4 Å². The molecule has 1 saturated carbocycles. The SMILES string of the molecule is Cc1cccc([C@H](C)NC2CCCC(C(C)(C)C)CC2)c1. The molecule has 0 aliphatic heterocycles. The maximum Gasteiger partial charge on any atom is 0.0294 e. The van der Waals surface area contributed by atoms with Crippen LogP contribution in [0, 0.1) is 18.3 Å². The molecule has 1 aromatic rings. The lowest BCUT2D eigenvalue weighted by Gasteiger charge is -2.30. The molecular formula is C20H33N. The van der Waals surface area contributed by atoms with Gasteiger partial charge in [0.25, 0.3) is 0 Å². The zero-order valence-electron chi connectivity index (χ0n) is 14.6. The fourth-order valence-corrected chi connectivity index (χ4v) is 3.72. The Hall–Kier alpha value is -0.820. The van der Waals surface area contributed by atoms with Gasteiger partial charge < -0.3 is 5.32 Å². The molecule has 1 aromatic carbocycles. The third kappa shape index (κ3) is 4.85. The minimum absolute atomic E-state index is 0.459. The minimum Gasteiger partial charge on any atom is -0.307 e. The summed E-state index contributed by atoms with van der Waals surface area (Å²) < 4.78 is 0. The van der Waals surface area contributed by atoms with Crippen LogP contribution in [-0.2, 0) is 0 Å². The summed E-state index contributed by atoms with van der Waals surface area (Å²) in [4.78, 5) is 0. The molecule has 1 heteroatoms. The van der Waals surface area contributed by atoms with Crippen molar-refractivity contribution in [2.75, 3.05) is 0 Å². The molecule has 1 aliphatic rings. The Bertz CT molecular complexity index is 443. The molecule has 2 unspecified atom stereocenters. The van der Waals surface area contributed by atoms with Crippen molar-refractivity contribution in [1.29, 1.82) is 0 Å². The van der Waals surface area contributed by atoms with Gasteiger partial charge >= 0.3 is 0 Å². The number of hydrogen-bond donors (Lipinski definition) is 1. The van der Waals surface area contributed by atoms with Crippen molar-refractivity contribution in [1.82, 2.24) is 5.32 Å². The van der Waals surface area contributed by atoms with Crippen molar-refractivity contribution in [2.24, 2.45) is 11.3 Å². The minimum atomic E-state index is 0.459. The lowest BCUT2D eigenvalue weighted by Crippen LogP contribution is -2.31. The van der Waals surface area contributed by atoms with Gasteiger partial charge in [0.05, 0.1) is 0 Å². The molecule has 0 saturated heterocycles. The molecule has 1 N–H and O–H groups in total. The van der Waals surface area contributed by atoms with Crippen molar-refractivity contribution < 1.29 is 0 Å². The highest BCUT2D eigenvalue weighted by atomic mass is 14.9. The van der Waals surface area contributed by atoms with Gasteiger partial charge in [0.1, 0.15) is 0 Å². The second-order valence-corrected chi connectivity index (χ2v) is 8.07. The largest absolute Gasteiger partial charge is 0.307 e. The second kappa shape index (κ2) is 6.96. The van der Waals surface area contributed by atoms with E-state index in [0.29, 0.717) is 17.5 Å². The highest BCUT2D eigenvalue weighted by molar-refractivity contribution is 5.24. The van der Waals surface area contributed by atoms with Gasteiger partial charge in [0.15, 0.2) is 0 Å². The maximum absolute atomic E-state index is 3.87. The Balaban J connectivity index is 1.91. The third-order valence-electron chi connectivity index (χ3n) is 5.22.